The summed E-state index contributed by atoms with van der Waals surface area (Å²) in [6.07, 6.45) is 7.22. The van der Waals surface area contributed by atoms with Crippen molar-refractivity contribution in [1.29, 1.82) is 5.26 Å². The summed E-state index contributed by atoms with van der Waals surface area (Å²) < 4.78 is 0. The van der Waals surface area contributed by atoms with Crippen LogP contribution in [0.3, 0.4) is 0 Å². The average molecular weight is 220 g/mol. The summed E-state index contributed by atoms with van der Waals surface area (Å²) in [6, 6.07) is 2.62. The quantitative estimate of drug-likeness (QED) is 0.733. The van der Waals surface area contributed by atoms with E-state index < -0.39 is 5.41 Å². The molecule has 0 bridgehead atoms. The van der Waals surface area contributed by atoms with Crippen LogP contribution in [0.2, 0.25) is 0 Å². The lowest BCUT2D eigenvalue weighted by atomic mass is 9.95. The van der Waals surface area contributed by atoms with Gasteiger partial charge < -0.3 is 4.90 Å². The first-order valence-corrected chi connectivity index (χ1v) is 6.46. The van der Waals surface area contributed by atoms with Crippen LogP contribution in [0.4, 0.5) is 0 Å². The molecule has 3 heteroatoms. The van der Waals surface area contributed by atoms with Gasteiger partial charge in [0.05, 0.1) is 6.07 Å². The van der Waals surface area contributed by atoms with Crippen molar-refractivity contribution in [2.75, 3.05) is 6.54 Å². The van der Waals surface area contributed by atoms with Crippen molar-refractivity contribution in [2.24, 2.45) is 5.41 Å². The Morgan fingerprint density at radius 1 is 1.50 bits per heavy atom. The number of carbonyl (C=O) groups is 1. The van der Waals surface area contributed by atoms with Crippen LogP contribution in [0.15, 0.2) is 0 Å². The molecule has 0 aromatic rings. The highest BCUT2D eigenvalue weighted by atomic mass is 16.2. The Labute approximate surface area is 97.4 Å². The van der Waals surface area contributed by atoms with E-state index in [9.17, 15) is 4.79 Å². The smallest absolute Gasteiger partial charge is 0.243 e. The van der Waals surface area contributed by atoms with E-state index in [4.69, 9.17) is 5.26 Å². The van der Waals surface area contributed by atoms with E-state index in [-0.39, 0.29) is 5.91 Å². The number of hydrogen-bond donors (Lipinski definition) is 0. The predicted molar refractivity (Wildman–Crippen MR) is 61.5 cm³/mol. The second-order valence-corrected chi connectivity index (χ2v) is 5.13. The Hall–Kier alpha value is -1.04. The maximum absolute atomic E-state index is 12.3. The standard InChI is InChI=1S/C13H20N2O/c1-2-5-11-6-3-4-9-15(11)12(16)13(10-14)7-8-13/h11H,2-9H2,1H3. The van der Waals surface area contributed by atoms with E-state index in [0.717, 1.165) is 45.1 Å². The van der Waals surface area contributed by atoms with Crippen LogP contribution in [0.1, 0.15) is 51.9 Å². The lowest BCUT2D eigenvalue weighted by Crippen LogP contribution is -2.46. The van der Waals surface area contributed by atoms with Crippen LogP contribution in [-0.2, 0) is 4.79 Å². The lowest BCUT2D eigenvalue weighted by molar-refractivity contribution is -0.138. The normalized spacial score (nSPS) is 27.2. The van der Waals surface area contributed by atoms with Gasteiger partial charge in [0, 0.05) is 12.6 Å². The molecular formula is C13H20N2O. The Morgan fingerprint density at radius 2 is 2.25 bits per heavy atom. The highest BCUT2D eigenvalue weighted by molar-refractivity contribution is 5.88. The average Bonchev–Trinajstić information content (AvgIpc) is 3.10. The van der Waals surface area contributed by atoms with Crippen molar-refractivity contribution in [2.45, 2.75) is 57.9 Å². The molecule has 1 saturated heterocycles. The van der Waals surface area contributed by atoms with Gasteiger partial charge in [-0.15, -0.1) is 0 Å². The first kappa shape index (κ1) is 11.4. The molecule has 1 unspecified atom stereocenters. The molecule has 2 fully saturated rings. The van der Waals surface area contributed by atoms with Crippen molar-refractivity contribution < 1.29 is 4.79 Å². The SMILES string of the molecule is CCCC1CCCCN1C(=O)C1(C#N)CC1. The Kier molecular flexibility index (Phi) is 3.18. The summed E-state index contributed by atoms with van der Waals surface area (Å²) >= 11 is 0. The maximum Gasteiger partial charge on any atom is 0.243 e. The molecule has 1 amide bonds. The molecule has 0 aromatic carbocycles. The van der Waals surface area contributed by atoms with Crippen LogP contribution in [0, 0.1) is 16.7 Å². The van der Waals surface area contributed by atoms with Crippen LogP contribution >= 0.6 is 0 Å². The number of amides is 1. The van der Waals surface area contributed by atoms with Gasteiger partial charge in [0.1, 0.15) is 5.41 Å². The summed E-state index contributed by atoms with van der Waals surface area (Å²) in [6.45, 7) is 3.03. The molecule has 1 saturated carbocycles. The van der Waals surface area contributed by atoms with Crippen molar-refractivity contribution in [3.05, 3.63) is 0 Å². The zero-order chi connectivity index (χ0) is 11.6. The molecular weight excluding hydrogens is 200 g/mol. The van der Waals surface area contributed by atoms with Gasteiger partial charge in [-0.2, -0.15) is 5.26 Å². The summed E-state index contributed by atoms with van der Waals surface area (Å²) in [5, 5.41) is 9.08. The third-order valence-electron chi connectivity index (χ3n) is 3.88. The van der Waals surface area contributed by atoms with Crippen molar-refractivity contribution in [3.63, 3.8) is 0 Å². The third kappa shape index (κ3) is 1.93. The minimum atomic E-state index is -0.622. The zero-order valence-electron chi connectivity index (χ0n) is 10.0. The molecule has 2 rings (SSSR count). The molecule has 88 valence electrons. The minimum absolute atomic E-state index is 0.119. The number of nitriles is 1. The molecule has 1 aliphatic heterocycles. The van der Waals surface area contributed by atoms with Gasteiger partial charge in [0.2, 0.25) is 5.91 Å². The van der Waals surface area contributed by atoms with Crippen LogP contribution in [0.25, 0.3) is 0 Å². The molecule has 0 N–H and O–H groups in total. The lowest BCUT2D eigenvalue weighted by Gasteiger charge is -2.37. The second kappa shape index (κ2) is 4.45. The number of nitrogens with zero attached hydrogens (tertiary/aromatic N) is 2. The van der Waals surface area contributed by atoms with E-state index in [1.165, 1.54) is 6.42 Å². The Balaban J connectivity index is 2.06. The van der Waals surface area contributed by atoms with Gasteiger partial charge in [0.25, 0.3) is 0 Å². The number of carbonyl (C=O) groups excluding carboxylic acids is 1. The van der Waals surface area contributed by atoms with E-state index in [1.54, 1.807) is 0 Å². The second-order valence-electron chi connectivity index (χ2n) is 5.13. The molecule has 1 atom stereocenters. The first-order valence-electron chi connectivity index (χ1n) is 6.46. The molecule has 0 spiro atoms. The summed E-state index contributed by atoms with van der Waals surface area (Å²) in [5.74, 6) is 0.119. The molecule has 3 nitrogen and oxygen atoms in total. The van der Waals surface area contributed by atoms with Crippen molar-refractivity contribution >= 4 is 5.91 Å². The van der Waals surface area contributed by atoms with E-state index in [2.05, 4.69) is 13.0 Å². The molecule has 16 heavy (non-hydrogen) atoms. The van der Waals surface area contributed by atoms with Gasteiger partial charge >= 0.3 is 0 Å². The molecule has 1 heterocycles. The van der Waals surface area contributed by atoms with Gasteiger partial charge in [0.15, 0.2) is 0 Å². The number of piperidine rings is 1. The van der Waals surface area contributed by atoms with E-state index in [1.807, 2.05) is 4.90 Å². The Bertz CT molecular complexity index is 312. The minimum Gasteiger partial charge on any atom is -0.338 e. The fraction of sp³-hybridized carbons (Fsp3) is 0.846. The Morgan fingerprint density at radius 3 is 2.81 bits per heavy atom. The first-order chi connectivity index (χ1) is 7.73. The van der Waals surface area contributed by atoms with Crippen LogP contribution in [-0.4, -0.2) is 23.4 Å². The van der Waals surface area contributed by atoms with Crippen LogP contribution in [0.5, 0.6) is 0 Å². The predicted octanol–water partition coefficient (Wildman–Crippen LogP) is 2.47. The topological polar surface area (TPSA) is 44.1 Å². The third-order valence-corrected chi connectivity index (χ3v) is 3.88. The highest BCUT2D eigenvalue weighted by Crippen LogP contribution is 2.47. The van der Waals surface area contributed by atoms with Crippen molar-refractivity contribution in [3.8, 4) is 6.07 Å². The van der Waals surface area contributed by atoms with Crippen LogP contribution < -0.4 is 0 Å². The summed E-state index contributed by atoms with van der Waals surface area (Å²) in [5.41, 5.74) is -0.622. The number of rotatable bonds is 3. The summed E-state index contributed by atoms with van der Waals surface area (Å²) in [7, 11) is 0. The maximum atomic E-state index is 12.3. The van der Waals surface area contributed by atoms with Gasteiger partial charge in [-0.1, -0.05) is 13.3 Å². The molecule has 2 aliphatic rings. The highest BCUT2D eigenvalue weighted by Gasteiger charge is 2.53. The zero-order valence-corrected chi connectivity index (χ0v) is 10.0. The fourth-order valence-corrected chi connectivity index (χ4v) is 2.67. The molecule has 0 aromatic heterocycles. The number of likely N-dealkylation sites (tertiary alicyclic amines) is 1. The largest absolute Gasteiger partial charge is 0.338 e. The molecule has 1 aliphatic carbocycles. The van der Waals surface area contributed by atoms with E-state index in [0.29, 0.717) is 6.04 Å². The summed E-state index contributed by atoms with van der Waals surface area (Å²) in [4.78, 5) is 14.3. The fourth-order valence-electron chi connectivity index (χ4n) is 2.67. The van der Waals surface area contributed by atoms with Gasteiger partial charge in [-0.3, -0.25) is 4.79 Å². The van der Waals surface area contributed by atoms with Gasteiger partial charge in [-0.25, -0.2) is 0 Å². The molecule has 0 radical (unpaired) electrons. The number of hydrogen-bond acceptors (Lipinski definition) is 2. The monoisotopic (exact) mass is 220 g/mol. The van der Waals surface area contributed by atoms with Crippen molar-refractivity contribution in [1.82, 2.24) is 4.90 Å². The van der Waals surface area contributed by atoms with E-state index >= 15 is 0 Å². The van der Waals surface area contributed by atoms with Gasteiger partial charge in [-0.05, 0) is 38.5 Å².